The van der Waals surface area contributed by atoms with Crippen LogP contribution < -0.4 is 0 Å². The van der Waals surface area contributed by atoms with E-state index < -0.39 is 0 Å². The molecule has 2 rings (SSSR count). The molecule has 0 aliphatic heterocycles. The van der Waals surface area contributed by atoms with Crippen LogP contribution in [0.4, 0.5) is 0 Å². The Kier molecular flexibility index (Phi) is 1.42. The van der Waals surface area contributed by atoms with Crippen molar-refractivity contribution in [2.45, 2.75) is 13.3 Å². The van der Waals surface area contributed by atoms with E-state index in [4.69, 9.17) is 4.42 Å². The van der Waals surface area contributed by atoms with Crippen molar-refractivity contribution < 1.29 is 4.42 Å². The Hall–Kier alpha value is -1.24. The third-order valence-electron chi connectivity index (χ3n) is 1.95. The van der Waals surface area contributed by atoms with E-state index in [1.807, 2.05) is 18.4 Å². The average Bonchev–Trinajstić information content (AvgIpc) is 2.25. The van der Waals surface area contributed by atoms with Crippen molar-refractivity contribution in [2.24, 2.45) is 0 Å². The van der Waals surface area contributed by atoms with Crippen LogP contribution in [0, 0.1) is 6.92 Å². The Morgan fingerprint density at radius 3 is 3.18 bits per heavy atom. The second kappa shape index (κ2) is 2.42. The number of fused-ring (bicyclic) bond motifs is 1. The highest BCUT2D eigenvalue weighted by Gasteiger charge is 2.06. The van der Waals surface area contributed by atoms with E-state index in [9.17, 15) is 0 Å². The van der Waals surface area contributed by atoms with Crippen LogP contribution in [0.15, 0.2) is 28.9 Å². The predicted molar refractivity (Wildman–Crippen MR) is 45.3 cm³/mol. The van der Waals surface area contributed by atoms with E-state index in [2.05, 4.69) is 19.1 Å². The van der Waals surface area contributed by atoms with Crippen molar-refractivity contribution in [2.75, 3.05) is 0 Å². The van der Waals surface area contributed by atoms with Crippen molar-refractivity contribution in [1.29, 1.82) is 0 Å². The van der Waals surface area contributed by atoms with Crippen LogP contribution in [0.2, 0.25) is 0 Å². The maximum absolute atomic E-state index is 5.34. The van der Waals surface area contributed by atoms with Gasteiger partial charge in [-0.05, 0) is 25.0 Å². The van der Waals surface area contributed by atoms with Crippen molar-refractivity contribution in [1.82, 2.24) is 0 Å². The molecule has 1 aromatic heterocycles. The molecular formula is C10H10O. The monoisotopic (exact) mass is 146 g/mol. The molecule has 1 aliphatic rings. The van der Waals surface area contributed by atoms with Crippen LogP contribution in [0.3, 0.4) is 0 Å². The van der Waals surface area contributed by atoms with Crippen LogP contribution in [-0.2, 0) is 6.42 Å². The van der Waals surface area contributed by atoms with E-state index in [1.165, 1.54) is 11.1 Å². The molecule has 0 unspecified atom stereocenters. The van der Waals surface area contributed by atoms with Crippen LogP contribution in [0.5, 0.6) is 0 Å². The number of hydrogen-bond donors (Lipinski definition) is 0. The van der Waals surface area contributed by atoms with Gasteiger partial charge >= 0.3 is 0 Å². The second-order valence-electron chi connectivity index (χ2n) is 2.75. The molecule has 1 aromatic rings. The van der Waals surface area contributed by atoms with Gasteiger partial charge < -0.3 is 4.42 Å². The van der Waals surface area contributed by atoms with Crippen LogP contribution in [-0.4, -0.2) is 0 Å². The molecule has 0 radical (unpaired) electrons. The van der Waals surface area contributed by atoms with Crippen molar-refractivity contribution >= 4 is 6.08 Å². The number of furan rings is 1. The summed E-state index contributed by atoms with van der Waals surface area (Å²) in [6.45, 7) is 2.08. The van der Waals surface area contributed by atoms with Crippen LogP contribution >= 0.6 is 0 Å². The summed E-state index contributed by atoms with van der Waals surface area (Å²) in [5.74, 6) is 1.01. The SMILES string of the molecule is Cc1coc2c1CC=CC=C2. The Labute approximate surface area is 66.0 Å². The Morgan fingerprint density at radius 1 is 1.36 bits per heavy atom. The molecule has 1 nitrogen and oxygen atoms in total. The standard InChI is InChI=1S/C10H10O/c1-8-7-11-10-6-4-2-3-5-9(8)10/h2-4,6-7H,5H2,1H3. The third kappa shape index (κ3) is 1.03. The Bertz CT molecular complexity index is 316. The zero-order chi connectivity index (χ0) is 7.68. The summed E-state index contributed by atoms with van der Waals surface area (Å²) in [7, 11) is 0. The summed E-state index contributed by atoms with van der Waals surface area (Å²) in [5.41, 5.74) is 2.56. The zero-order valence-corrected chi connectivity index (χ0v) is 6.50. The van der Waals surface area contributed by atoms with Crippen LogP contribution in [0.1, 0.15) is 16.9 Å². The maximum atomic E-state index is 5.34. The summed E-state index contributed by atoms with van der Waals surface area (Å²) < 4.78 is 5.34. The van der Waals surface area contributed by atoms with Crippen molar-refractivity contribution in [3.8, 4) is 0 Å². The molecule has 1 heterocycles. The van der Waals surface area contributed by atoms with E-state index in [1.54, 1.807) is 0 Å². The lowest BCUT2D eigenvalue weighted by Crippen LogP contribution is -1.81. The lowest BCUT2D eigenvalue weighted by atomic mass is 10.1. The summed E-state index contributed by atoms with van der Waals surface area (Å²) in [4.78, 5) is 0. The minimum absolute atomic E-state index is 0.991. The summed E-state index contributed by atoms with van der Waals surface area (Å²) >= 11 is 0. The minimum Gasteiger partial charge on any atom is -0.464 e. The maximum Gasteiger partial charge on any atom is 0.130 e. The fraction of sp³-hybridized carbons (Fsp3) is 0.200. The lowest BCUT2D eigenvalue weighted by Gasteiger charge is -1.92. The lowest BCUT2D eigenvalue weighted by molar-refractivity contribution is 0.553. The fourth-order valence-corrected chi connectivity index (χ4v) is 1.30. The molecule has 0 amide bonds. The first kappa shape index (κ1) is 6.47. The molecule has 56 valence electrons. The smallest absolute Gasteiger partial charge is 0.130 e. The topological polar surface area (TPSA) is 13.1 Å². The van der Waals surface area contributed by atoms with E-state index in [0.29, 0.717) is 0 Å². The highest BCUT2D eigenvalue weighted by atomic mass is 16.3. The molecule has 1 heteroatoms. The van der Waals surface area contributed by atoms with E-state index in [-0.39, 0.29) is 0 Å². The molecule has 11 heavy (non-hydrogen) atoms. The van der Waals surface area contributed by atoms with Crippen molar-refractivity contribution in [3.05, 3.63) is 41.4 Å². The van der Waals surface area contributed by atoms with Gasteiger partial charge in [-0.3, -0.25) is 0 Å². The molecule has 1 aliphatic carbocycles. The molecule has 0 saturated carbocycles. The Balaban J connectivity index is 2.55. The summed E-state index contributed by atoms with van der Waals surface area (Å²) in [5, 5.41) is 0. The summed E-state index contributed by atoms with van der Waals surface area (Å²) in [6, 6.07) is 0. The normalized spacial score (nSPS) is 14.6. The van der Waals surface area contributed by atoms with Crippen LogP contribution in [0.25, 0.3) is 6.08 Å². The van der Waals surface area contributed by atoms with Gasteiger partial charge in [0.2, 0.25) is 0 Å². The predicted octanol–water partition coefficient (Wildman–Crippen LogP) is 2.71. The second-order valence-corrected chi connectivity index (χ2v) is 2.75. The number of aryl methyl sites for hydroxylation is 1. The molecule has 0 fully saturated rings. The van der Waals surface area contributed by atoms with E-state index >= 15 is 0 Å². The first-order chi connectivity index (χ1) is 5.38. The van der Waals surface area contributed by atoms with Crippen molar-refractivity contribution in [3.63, 3.8) is 0 Å². The highest BCUT2D eigenvalue weighted by Crippen LogP contribution is 2.20. The number of rotatable bonds is 0. The first-order valence-electron chi connectivity index (χ1n) is 3.78. The number of allylic oxidation sites excluding steroid dienone is 3. The largest absolute Gasteiger partial charge is 0.464 e. The van der Waals surface area contributed by atoms with Gasteiger partial charge in [0.1, 0.15) is 5.76 Å². The van der Waals surface area contributed by atoms with Gasteiger partial charge in [-0.15, -0.1) is 0 Å². The molecule has 0 spiro atoms. The fourth-order valence-electron chi connectivity index (χ4n) is 1.30. The highest BCUT2D eigenvalue weighted by molar-refractivity contribution is 5.54. The third-order valence-corrected chi connectivity index (χ3v) is 1.95. The van der Waals surface area contributed by atoms with Gasteiger partial charge in [-0.1, -0.05) is 18.2 Å². The van der Waals surface area contributed by atoms with Gasteiger partial charge in [-0.2, -0.15) is 0 Å². The Morgan fingerprint density at radius 2 is 2.27 bits per heavy atom. The minimum atomic E-state index is 0.991. The molecular weight excluding hydrogens is 136 g/mol. The average molecular weight is 146 g/mol. The molecule has 0 bridgehead atoms. The summed E-state index contributed by atoms with van der Waals surface area (Å²) in [6.07, 6.45) is 11.0. The molecule has 0 atom stereocenters. The van der Waals surface area contributed by atoms with E-state index in [0.717, 1.165) is 12.2 Å². The van der Waals surface area contributed by atoms with Gasteiger partial charge in [-0.25, -0.2) is 0 Å². The van der Waals surface area contributed by atoms with Gasteiger partial charge in [0.25, 0.3) is 0 Å². The van der Waals surface area contributed by atoms with Gasteiger partial charge in [0.05, 0.1) is 6.26 Å². The first-order valence-corrected chi connectivity index (χ1v) is 3.78. The molecule has 0 saturated heterocycles. The zero-order valence-electron chi connectivity index (χ0n) is 6.50. The van der Waals surface area contributed by atoms with Gasteiger partial charge in [0.15, 0.2) is 0 Å². The molecule has 0 aromatic carbocycles. The molecule has 0 N–H and O–H groups in total. The quantitative estimate of drug-likeness (QED) is 0.548. The number of hydrogen-bond acceptors (Lipinski definition) is 1. The van der Waals surface area contributed by atoms with Gasteiger partial charge in [0, 0.05) is 5.56 Å².